The Bertz CT molecular complexity index is 481. The van der Waals surface area contributed by atoms with Crippen LogP contribution in [0.5, 0.6) is 5.75 Å². The summed E-state index contributed by atoms with van der Waals surface area (Å²) in [5, 5.41) is 2.90. The molecule has 1 aromatic carbocycles. The van der Waals surface area contributed by atoms with Crippen LogP contribution in [0.3, 0.4) is 0 Å². The molecule has 0 fully saturated rings. The van der Waals surface area contributed by atoms with Crippen molar-refractivity contribution in [3.63, 3.8) is 0 Å². The number of carbonyl (C=O) groups is 1. The van der Waals surface area contributed by atoms with Gasteiger partial charge in [0.05, 0.1) is 0 Å². The summed E-state index contributed by atoms with van der Waals surface area (Å²) >= 11 is 3.40. The van der Waals surface area contributed by atoms with Gasteiger partial charge >= 0.3 is 0 Å². The summed E-state index contributed by atoms with van der Waals surface area (Å²) < 4.78 is 6.66. The molecule has 0 bridgehead atoms. The van der Waals surface area contributed by atoms with Crippen molar-refractivity contribution in [2.45, 2.75) is 52.3 Å². The minimum Gasteiger partial charge on any atom is -0.481 e. The number of nitrogens with one attached hydrogen (secondary N) is 1. The van der Waals surface area contributed by atoms with Crippen LogP contribution in [0.25, 0.3) is 0 Å². The largest absolute Gasteiger partial charge is 0.481 e. The summed E-state index contributed by atoms with van der Waals surface area (Å²) in [7, 11) is 0. The van der Waals surface area contributed by atoms with E-state index in [1.165, 1.54) is 0 Å². The second-order valence-electron chi connectivity index (χ2n) is 5.97. The van der Waals surface area contributed by atoms with Crippen LogP contribution in [-0.4, -0.2) is 17.6 Å². The second-order valence-corrected chi connectivity index (χ2v) is 6.89. The maximum Gasteiger partial charge on any atom is 0.261 e. The van der Waals surface area contributed by atoms with Gasteiger partial charge in [0, 0.05) is 21.6 Å². The van der Waals surface area contributed by atoms with Crippen molar-refractivity contribution < 1.29 is 9.53 Å². The van der Waals surface area contributed by atoms with E-state index in [1.807, 2.05) is 45.9 Å². The first-order valence-corrected chi connectivity index (χ1v) is 7.43. The highest BCUT2D eigenvalue weighted by Gasteiger charge is 2.22. The average Bonchev–Trinajstić information content (AvgIpc) is 2.26. The number of carbonyl (C=O) groups excluding carboxylic acids is 1. The molecule has 4 nitrogen and oxygen atoms in total. The summed E-state index contributed by atoms with van der Waals surface area (Å²) in [6, 6.07) is 5.49. The first-order chi connectivity index (χ1) is 9.10. The van der Waals surface area contributed by atoms with E-state index in [4.69, 9.17) is 10.5 Å². The molecule has 112 valence electrons. The molecule has 0 spiro atoms. The molecule has 1 aromatic rings. The van der Waals surface area contributed by atoms with Gasteiger partial charge < -0.3 is 15.8 Å². The van der Waals surface area contributed by atoms with Crippen molar-refractivity contribution >= 4 is 21.8 Å². The first kappa shape index (κ1) is 17.0. The SMILES string of the molecule is CC(Oc1cc(Br)ccc1C(C)N)C(=O)NC(C)(C)C. The number of ether oxygens (including phenoxy) is 1. The third kappa shape index (κ3) is 5.13. The van der Waals surface area contributed by atoms with Crippen molar-refractivity contribution in [2.75, 3.05) is 0 Å². The zero-order valence-corrected chi connectivity index (χ0v) is 14.2. The Kier molecular flexibility index (Phi) is 5.59. The number of rotatable bonds is 4. The Balaban J connectivity index is 2.87. The predicted molar refractivity (Wildman–Crippen MR) is 84.7 cm³/mol. The molecule has 5 heteroatoms. The maximum atomic E-state index is 12.1. The molecule has 3 N–H and O–H groups in total. The van der Waals surface area contributed by atoms with Crippen molar-refractivity contribution in [3.05, 3.63) is 28.2 Å². The molecule has 1 amide bonds. The maximum absolute atomic E-state index is 12.1. The van der Waals surface area contributed by atoms with Crippen molar-refractivity contribution in [2.24, 2.45) is 5.73 Å². The lowest BCUT2D eigenvalue weighted by Gasteiger charge is -2.24. The fraction of sp³-hybridized carbons (Fsp3) is 0.533. The van der Waals surface area contributed by atoms with Crippen molar-refractivity contribution in [1.29, 1.82) is 0 Å². The molecule has 1 rings (SSSR count). The van der Waals surface area contributed by atoms with Crippen LogP contribution in [0.15, 0.2) is 22.7 Å². The van der Waals surface area contributed by atoms with Crippen LogP contribution in [0, 0.1) is 0 Å². The van der Waals surface area contributed by atoms with Gasteiger partial charge in [-0.3, -0.25) is 4.79 Å². The standard InChI is InChI=1S/C15H23BrN2O2/c1-9(17)12-7-6-11(16)8-13(12)20-10(2)14(19)18-15(3,4)5/h6-10H,17H2,1-5H3,(H,18,19). The number of amides is 1. The van der Waals surface area contributed by atoms with E-state index in [2.05, 4.69) is 21.2 Å². The van der Waals surface area contributed by atoms with Gasteiger partial charge in [0.1, 0.15) is 5.75 Å². The van der Waals surface area contributed by atoms with Gasteiger partial charge in [-0.2, -0.15) is 0 Å². The lowest BCUT2D eigenvalue weighted by atomic mass is 10.1. The molecule has 0 aliphatic heterocycles. The summed E-state index contributed by atoms with van der Waals surface area (Å²) in [6.45, 7) is 9.42. The molecule has 0 radical (unpaired) electrons. The van der Waals surface area contributed by atoms with E-state index in [0.717, 1.165) is 10.0 Å². The van der Waals surface area contributed by atoms with Crippen LogP contribution >= 0.6 is 15.9 Å². The number of hydrogen-bond donors (Lipinski definition) is 2. The zero-order chi connectivity index (χ0) is 15.5. The van der Waals surface area contributed by atoms with E-state index in [1.54, 1.807) is 6.92 Å². The molecule has 0 aliphatic rings. The number of hydrogen-bond acceptors (Lipinski definition) is 3. The lowest BCUT2D eigenvalue weighted by molar-refractivity contribution is -0.128. The average molecular weight is 343 g/mol. The molecule has 0 saturated carbocycles. The van der Waals surface area contributed by atoms with Crippen LogP contribution in [0.1, 0.15) is 46.2 Å². The minimum atomic E-state index is -0.582. The van der Waals surface area contributed by atoms with E-state index in [-0.39, 0.29) is 17.5 Å². The number of benzene rings is 1. The summed E-state index contributed by atoms with van der Waals surface area (Å²) in [4.78, 5) is 12.1. The van der Waals surface area contributed by atoms with Gasteiger partial charge in [-0.05, 0) is 46.8 Å². The molecule has 0 heterocycles. The highest BCUT2D eigenvalue weighted by molar-refractivity contribution is 9.10. The fourth-order valence-corrected chi connectivity index (χ4v) is 2.04. The molecule has 2 atom stereocenters. The lowest BCUT2D eigenvalue weighted by Crippen LogP contribution is -2.46. The Morgan fingerprint density at radius 3 is 2.45 bits per heavy atom. The molecule has 0 aromatic heterocycles. The predicted octanol–water partition coefficient (Wildman–Crippen LogP) is 3.15. The smallest absolute Gasteiger partial charge is 0.261 e. The zero-order valence-electron chi connectivity index (χ0n) is 12.7. The van der Waals surface area contributed by atoms with Gasteiger partial charge in [0.2, 0.25) is 0 Å². The third-order valence-corrected chi connectivity index (χ3v) is 3.13. The molecule has 0 aliphatic carbocycles. The van der Waals surface area contributed by atoms with Crippen LogP contribution in [-0.2, 0) is 4.79 Å². The van der Waals surface area contributed by atoms with Crippen LogP contribution in [0.2, 0.25) is 0 Å². The van der Waals surface area contributed by atoms with E-state index >= 15 is 0 Å². The van der Waals surface area contributed by atoms with Gasteiger partial charge in [-0.15, -0.1) is 0 Å². The van der Waals surface area contributed by atoms with Crippen LogP contribution in [0.4, 0.5) is 0 Å². The van der Waals surface area contributed by atoms with Crippen molar-refractivity contribution in [1.82, 2.24) is 5.32 Å². The molecular weight excluding hydrogens is 320 g/mol. The summed E-state index contributed by atoms with van der Waals surface area (Å²) in [6.07, 6.45) is -0.582. The van der Waals surface area contributed by atoms with Crippen LogP contribution < -0.4 is 15.8 Å². The van der Waals surface area contributed by atoms with E-state index in [0.29, 0.717) is 5.75 Å². The van der Waals surface area contributed by atoms with Gasteiger partial charge in [0.25, 0.3) is 5.91 Å². The Morgan fingerprint density at radius 1 is 1.35 bits per heavy atom. The second kappa shape index (κ2) is 6.59. The first-order valence-electron chi connectivity index (χ1n) is 6.64. The molecule has 0 saturated heterocycles. The Labute approximate surface area is 129 Å². The van der Waals surface area contributed by atoms with Gasteiger partial charge in [-0.1, -0.05) is 22.0 Å². The van der Waals surface area contributed by atoms with Crippen molar-refractivity contribution in [3.8, 4) is 5.75 Å². The molecule has 2 unspecified atom stereocenters. The third-order valence-electron chi connectivity index (χ3n) is 2.64. The van der Waals surface area contributed by atoms with E-state index < -0.39 is 6.10 Å². The summed E-state index contributed by atoms with van der Waals surface area (Å²) in [5.41, 5.74) is 6.52. The fourth-order valence-electron chi connectivity index (χ4n) is 1.70. The number of nitrogens with two attached hydrogens (primary N) is 1. The highest BCUT2D eigenvalue weighted by atomic mass is 79.9. The molecule has 20 heavy (non-hydrogen) atoms. The minimum absolute atomic E-state index is 0.145. The monoisotopic (exact) mass is 342 g/mol. The van der Waals surface area contributed by atoms with Gasteiger partial charge in [0.15, 0.2) is 6.10 Å². The van der Waals surface area contributed by atoms with E-state index in [9.17, 15) is 4.79 Å². The highest BCUT2D eigenvalue weighted by Crippen LogP contribution is 2.28. The topological polar surface area (TPSA) is 64.3 Å². The quantitative estimate of drug-likeness (QED) is 0.883. The number of halogens is 1. The normalized spacial score (nSPS) is 14.6. The Hall–Kier alpha value is -1.07. The molecular formula is C15H23BrN2O2. The van der Waals surface area contributed by atoms with Gasteiger partial charge in [-0.25, -0.2) is 0 Å². The Morgan fingerprint density at radius 2 is 1.95 bits per heavy atom. The summed E-state index contributed by atoms with van der Waals surface area (Å²) in [5.74, 6) is 0.485.